The van der Waals surface area contributed by atoms with E-state index in [0.29, 0.717) is 5.56 Å². The number of amides is 1. The van der Waals surface area contributed by atoms with Gasteiger partial charge < -0.3 is 9.73 Å². The van der Waals surface area contributed by atoms with Gasteiger partial charge in [0.05, 0.1) is 16.9 Å². The van der Waals surface area contributed by atoms with Gasteiger partial charge in [-0.1, -0.05) is 18.2 Å². The van der Waals surface area contributed by atoms with Crippen molar-refractivity contribution in [2.75, 3.05) is 0 Å². The molecule has 0 bridgehead atoms. The minimum absolute atomic E-state index is 0.0846. The Labute approximate surface area is 122 Å². The fourth-order valence-corrected chi connectivity index (χ4v) is 3.42. The highest BCUT2D eigenvalue weighted by atomic mass is 32.2. The summed E-state index contributed by atoms with van der Waals surface area (Å²) < 4.78 is 29.8. The third kappa shape index (κ3) is 3.16. The summed E-state index contributed by atoms with van der Waals surface area (Å²) in [6.07, 6.45) is 3.27. The zero-order valence-electron chi connectivity index (χ0n) is 11.3. The van der Waals surface area contributed by atoms with Crippen LogP contribution in [0.3, 0.4) is 0 Å². The number of rotatable bonds is 5. The van der Waals surface area contributed by atoms with Gasteiger partial charge in [-0.15, -0.1) is 0 Å². The van der Waals surface area contributed by atoms with E-state index in [1.165, 1.54) is 12.3 Å². The molecule has 1 N–H and O–H groups in total. The minimum Gasteiger partial charge on any atom is -0.459 e. The van der Waals surface area contributed by atoms with Gasteiger partial charge in [-0.05, 0) is 31.0 Å². The molecule has 1 aliphatic rings. The zero-order valence-corrected chi connectivity index (χ0v) is 12.1. The van der Waals surface area contributed by atoms with Crippen LogP contribution in [-0.4, -0.2) is 20.4 Å². The maximum Gasteiger partial charge on any atom is 0.287 e. The second-order valence-electron chi connectivity index (χ2n) is 5.09. The molecular formula is C15H15NO4S. The molecular weight excluding hydrogens is 290 g/mol. The molecule has 1 aromatic carbocycles. The lowest BCUT2D eigenvalue weighted by atomic mass is 10.2. The Bertz CT molecular complexity index is 745. The molecule has 6 heteroatoms. The number of hydrogen-bond donors (Lipinski definition) is 1. The van der Waals surface area contributed by atoms with Gasteiger partial charge >= 0.3 is 0 Å². The van der Waals surface area contributed by atoms with Crippen LogP contribution in [0.25, 0.3) is 0 Å². The van der Waals surface area contributed by atoms with Crippen LogP contribution in [0.2, 0.25) is 0 Å². The smallest absolute Gasteiger partial charge is 0.287 e. The van der Waals surface area contributed by atoms with Crippen molar-refractivity contribution in [2.45, 2.75) is 29.5 Å². The average Bonchev–Trinajstić information content (AvgIpc) is 3.16. The van der Waals surface area contributed by atoms with Crippen LogP contribution < -0.4 is 5.32 Å². The van der Waals surface area contributed by atoms with E-state index in [1.807, 2.05) is 0 Å². The van der Waals surface area contributed by atoms with Gasteiger partial charge in [0.1, 0.15) is 0 Å². The predicted molar refractivity (Wildman–Crippen MR) is 76.5 cm³/mol. The van der Waals surface area contributed by atoms with E-state index in [-0.39, 0.29) is 28.4 Å². The van der Waals surface area contributed by atoms with Crippen LogP contribution in [0.1, 0.15) is 29.0 Å². The molecule has 0 atom stereocenters. The first kappa shape index (κ1) is 13.9. The summed E-state index contributed by atoms with van der Waals surface area (Å²) in [6.45, 7) is 0. The summed E-state index contributed by atoms with van der Waals surface area (Å²) in [4.78, 5) is 12.2. The van der Waals surface area contributed by atoms with Crippen molar-refractivity contribution < 1.29 is 17.6 Å². The molecule has 1 fully saturated rings. The van der Waals surface area contributed by atoms with Gasteiger partial charge in [0.2, 0.25) is 0 Å². The molecule has 0 saturated heterocycles. The highest BCUT2D eigenvalue weighted by molar-refractivity contribution is 7.90. The molecule has 21 heavy (non-hydrogen) atoms. The van der Waals surface area contributed by atoms with Gasteiger partial charge in [0.15, 0.2) is 15.6 Å². The van der Waals surface area contributed by atoms with E-state index < -0.39 is 9.84 Å². The summed E-state index contributed by atoms with van der Waals surface area (Å²) in [5.74, 6) is -0.511. The molecule has 0 radical (unpaired) electrons. The topological polar surface area (TPSA) is 76.4 Å². The van der Waals surface area contributed by atoms with Gasteiger partial charge in [-0.25, -0.2) is 8.42 Å². The molecule has 1 saturated carbocycles. The van der Waals surface area contributed by atoms with E-state index in [4.69, 9.17) is 4.42 Å². The van der Waals surface area contributed by atoms with E-state index >= 15 is 0 Å². The average molecular weight is 305 g/mol. The second kappa shape index (κ2) is 5.37. The number of carbonyl (C=O) groups excluding carboxylic acids is 1. The van der Waals surface area contributed by atoms with Crippen molar-refractivity contribution in [3.05, 3.63) is 54.0 Å². The van der Waals surface area contributed by atoms with Crippen LogP contribution in [0.15, 0.2) is 52.0 Å². The number of sulfone groups is 1. The Morgan fingerprint density at radius 1 is 1.19 bits per heavy atom. The lowest BCUT2D eigenvalue weighted by Crippen LogP contribution is -2.26. The number of hydrogen-bond acceptors (Lipinski definition) is 4. The highest BCUT2D eigenvalue weighted by Gasteiger charge is 2.27. The SMILES string of the molecule is O=C(NC1CC1)c1occc1CS(=O)(=O)c1ccccc1. The molecule has 1 amide bonds. The predicted octanol–water partition coefficient (Wildman–Crippen LogP) is 2.15. The molecule has 110 valence electrons. The third-order valence-electron chi connectivity index (χ3n) is 3.31. The monoisotopic (exact) mass is 305 g/mol. The van der Waals surface area contributed by atoms with E-state index in [2.05, 4.69) is 5.32 Å². The molecule has 1 heterocycles. The first-order valence-corrected chi connectivity index (χ1v) is 8.36. The van der Waals surface area contributed by atoms with Gasteiger partial charge in [-0.2, -0.15) is 0 Å². The van der Waals surface area contributed by atoms with Crippen molar-refractivity contribution in [1.29, 1.82) is 0 Å². The van der Waals surface area contributed by atoms with Crippen LogP contribution >= 0.6 is 0 Å². The maximum absolute atomic E-state index is 12.3. The third-order valence-corrected chi connectivity index (χ3v) is 4.99. The Morgan fingerprint density at radius 2 is 1.90 bits per heavy atom. The second-order valence-corrected chi connectivity index (χ2v) is 7.08. The molecule has 3 rings (SSSR count). The normalized spacial score (nSPS) is 14.9. The molecule has 2 aromatic rings. The van der Waals surface area contributed by atoms with Crippen molar-refractivity contribution in [3.8, 4) is 0 Å². The number of carbonyl (C=O) groups is 1. The van der Waals surface area contributed by atoms with E-state index in [0.717, 1.165) is 12.8 Å². The van der Waals surface area contributed by atoms with Gasteiger partial charge in [0, 0.05) is 11.6 Å². The van der Waals surface area contributed by atoms with Crippen molar-refractivity contribution in [1.82, 2.24) is 5.32 Å². The van der Waals surface area contributed by atoms with Crippen molar-refractivity contribution in [3.63, 3.8) is 0 Å². The number of furan rings is 1. The Morgan fingerprint density at radius 3 is 2.57 bits per heavy atom. The Kier molecular flexibility index (Phi) is 3.55. The van der Waals surface area contributed by atoms with Crippen LogP contribution in [0.5, 0.6) is 0 Å². The first-order chi connectivity index (χ1) is 10.1. The zero-order chi connectivity index (χ0) is 14.9. The highest BCUT2D eigenvalue weighted by Crippen LogP contribution is 2.22. The van der Waals surface area contributed by atoms with Gasteiger partial charge in [-0.3, -0.25) is 4.79 Å². The molecule has 0 unspecified atom stereocenters. The quantitative estimate of drug-likeness (QED) is 0.918. The van der Waals surface area contributed by atoms with Crippen molar-refractivity contribution in [2.24, 2.45) is 0 Å². The molecule has 1 aromatic heterocycles. The molecule has 5 nitrogen and oxygen atoms in total. The standard InChI is InChI=1S/C15H15NO4S/c17-15(16-12-6-7-12)14-11(8-9-20-14)10-21(18,19)13-4-2-1-3-5-13/h1-5,8-9,12H,6-7,10H2,(H,16,17). The number of benzene rings is 1. The summed E-state index contributed by atoms with van der Waals surface area (Å²) >= 11 is 0. The minimum atomic E-state index is -3.49. The fourth-order valence-electron chi connectivity index (χ4n) is 2.04. The lowest BCUT2D eigenvalue weighted by molar-refractivity contribution is 0.0922. The molecule has 1 aliphatic carbocycles. The van der Waals surface area contributed by atoms with Crippen LogP contribution in [-0.2, 0) is 15.6 Å². The van der Waals surface area contributed by atoms with E-state index in [9.17, 15) is 13.2 Å². The maximum atomic E-state index is 12.3. The summed E-state index contributed by atoms with van der Waals surface area (Å²) in [7, 11) is -3.49. The Balaban J connectivity index is 1.82. The van der Waals surface area contributed by atoms with Crippen LogP contribution in [0, 0.1) is 0 Å². The van der Waals surface area contributed by atoms with Crippen molar-refractivity contribution >= 4 is 15.7 Å². The lowest BCUT2D eigenvalue weighted by Gasteiger charge is -2.05. The van der Waals surface area contributed by atoms with Gasteiger partial charge in [0.25, 0.3) is 5.91 Å². The largest absolute Gasteiger partial charge is 0.459 e. The summed E-state index contributed by atoms with van der Waals surface area (Å²) in [5, 5.41) is 2.79. The summed E-state index contributed by atoms with van der Waals surface area (Å²) in [5.41, 5.74) is 0.386. The van der Waals surface area contributed by atoms with Crippen LogP contribution in [0.4, 0.5) is 0 Å². The molecule has 0 aliphatic heterocycles. The first-order valence-electron chi connectivity index (χ1n) is 6.71. The fraction of sp³-hybridized carbons (Fsp3) is 0.267. The number of nitrogens with one attached hydrogen (secondary N) is 1. The summed E-state index contributed by atoms with van der Waals surface area (Å²) in [6, 6.07) is 9.90. The molecule has 0 spiro atoms. The Hall–Kier alpha value is -2.08. The van der Waals surface area contributed by atoms with E-state index in [1.54, 1.807) is 30.3 Å².